The Morgan fingerprint density at radius 2 is 1.95 bits per heavy atom. The van der Waals surface area contributed by atoms with Gasteiger partial charge < -0.3 is 15.2 Å². The van der Waals surface area contributed by atoms with Gasteiger partial charge in [-0.2, -0.15) is 0 Å². The second kappa shape index (κ2) is 8.11. The van der Waals surface area contributed by atoms with E-state index < -0.39 is 0 Å². The van der Waals surface area contributed by atoms with Gasteiger partial charge in [-0.3, -0.25) is 4.90 Å². The molecular weight excluding hydrogens is 288 g/mol. The zero-order valence-electron chi connectivity index (χ0n) is 13.6. The van der Waals surface area contributed by atoms with E-state index in [0.29, 0.717) is 13.0 Å². The average molecular weight is 315 g/mol. The maximum absolute atomic E-state index is 6.09. The smallest absolute Gasteiger partial charge is 0.158 e. The molecule has 0 radical (unpaired) electrons. The van der Waals surface area contributed by atoms with Gasteiger partial charge in [0.15, 0.2) is 6.29 Å². The van der Waals surface area contributed by atoms with Gasteiger partial charge in [0.25, 0.3) is 0 Å². The SMILES string of the molecule is COC(CC(C)(CN)N(C)C(C)c1cccc(Cl)c1)OC. The van der Waals surface area contributed by atoms with E-state index in [1.165, 1.54) is 0 Å². The molecule has 1 rings (SSSR count). The largest absolute Gasteiger partial charge is 0.356 e. The van der Waals surface area contributed by atoms with E-state index in [0.717, 1.165) is 10.6 Å². The van der Waals surface area contributed by atoms with Crippen molar-refractivity contribution in [1.82, 2.24) is 4.90 Å². The van der Waals surface area contributed by atoms with E-state index in [1.54, 1.807) is 14.2 Å². The number of halogens is 1. The van der Waals surface area contributed by atoms with Crippen molar-refractivity contribution in [2.75, 3.05) is 27.8 Å². The second-order valence-corrected chi connectivity index (χ2v) is 6.08. The van der Waals surface area contributed by atoms with Gasteiger partial charge in [-0.1, -0.05) is 23.7 Å². The Labute approximate surface area is 133 Å². The fourth-order valence-corrected chi connectivity index (χ4v) is 2.65. The van der Waals surface area contributed by atoms with E-state index in [1.807, 2.05) is 18.2 Å². The highest BCUT2D eigenvalue weighted by Gasteiger charge is 2.34. The lowest BCUT2D eigenvalue weighted by atomic mass is 9.92. The van der Waals surface area contributed by atoms with Crippen molar-refractivity contribution in [3.05, 3.63) is 34.9 Å². The highest BCUT2D eigenvalue weighted by atomic mass is 35.5. The summed E-state index contributed by atoms with van der Waals surface area (Å²) in [6.45, 7) is 4.78. The van der Waals surface area contributed by atoms with Gasteiger partial charge in [0.1, 0.15) is 0 Å². The summed E-state index contributed by atoms with van der Waals surface area (Å²) in [7, 11) is 5.36. The van der Waals surface area contributed by atoms with Crippen LogP contribution in [0, 0.1) is 0 Å². The Hall–Kier alpha value is -0.650. The topological polar surface area (TPSA) is 47.7 Å². The van der Waals surface area contributed by atoms with Crippen LogP contribution in [-0.2, 0) is 9.47 Å². The van der Waals surface area contributed by atoms with Gasteiger partial charge in [-0.15, -0.1) is 0 Å². The molecule has 2 unspecified atom stereocenters. The van der Waals surface area contributed by atoms with E-state index in [-0.39, 0.29) is 17.9 Å². The van der Waals surface area contributed by atoms with Crippen LogP contribution < -0.4 is 5.73 Å². The molecule has 120 valence electrons. The minimum absolute atomic E-state index is 0.187. The molecule has 0 spiro atoms. The van der Waals surface area contributed by atoms with E-state index >= 15 is 0 Å². The van der Waals surface area contributed by atoms with E-state index in [9.17, 15) is 0 Å². The molecule has 0 saturated heterocycles. The van der Waals surface area contributed by atoms with Crippen LogP contribution in [0.4, 0.5) is 0 Å². The first kappa shape index (κ1) is 18.4. The lowest BCUT2D eigenvalue weighted by Gasteiger charge is -2.43. The third-order valence-corrected chi connectivity index (χ3v) is 4.57. The number of likely N-dealkylation sites (N-methyl/N-ethyl adjacent to an activating group) is 1. The summed E-state index contributed by atoms with van der Waals surface area (Å²) < 4.78 is 10.7. The molecule has 1 aromatic rings. The minimum Gasteiger partial charge on any atom is -0.356 e. The first-order valence-electron chi connectivity index (χ1n) is 7.12. The maximum atomic E-state index is 6.09. The van der Waals surface area contributed by atoms with Crippen molar-refractivity contribution < 1.29 is 9.47 Å². The number of hydrogen-bond acceptors (Lipinski definition) is 4. The molecule has 0 aliphatic rings. The fourth-order valence-electron chi connectivity index (χ4n) is 2.45. The average Bonchev–Trinajstić information content (AvgIpc) is 2.50. The molecule has 4 nitrogen and oxygen atoms in total. The zero-order valence-corrected chi connectivity index (χ0v) is 14.4. The molecule has 0 heterocycles. The normalized spacial score (nSPS) is 16.2. The standard InChI is InChI=1S/C16H27ClN2O2/c1-12(13-7-6-8-14(17)9-13)19(3)16(2,11-18)10-15(20-4)21-5/h6-9,12,15H,10-11,18H2,1-5H3. The molecule has 21 heavy (non-hydrogen) atoms. The minimum atomic E-state index is -0.271. The van der Waals surface area contributed by atoms with Gasteiger partial charge in [0, 0.05) is 43.8 Å². The van der Waals surface area contributed by atoms with Crippen LogP contribution >= 0.6 is 11.6 Å². The third kappa shape index (κ3) is 4.66. The summed E-state index contributed by atoms with van der Waals surface area (Å²) in [4.78, 5) is 2.25. The fraction of sp³-hybridized carbons (Fsp3) is 0.625. The summed E-state index contributed by atoms with van der Waals surface area (Å²) in [6.07, 6.45) is 0.422. The van der Waals surface area contributed by atoms with Crippen molar-refractivity contribution >= 4 is 11.6 Å². The van der Waals surface area contributed by atoms with Crippen LogP contribution in [0.2, 0.25) is 5.02 Å². The number of nitrogens with two attached hydrogens (primary N) is 1. The molecule has 2 atom stereocenters. The first-order valence-corrected chi connectivity index (χ1v) is 7.49. The Morgan fingerprint density at radius 3 is 2.43 bits per heavy atom. The summed E-state index contributed by atoms with van der Waals surface area (Å²) >= 11 is 6.09. The molecule has 5 heteroatoms. The summed E-state index contributed by atoms with van der Waals surface area (Å²) in [6, 6.07) is 8.10. The monoisotopic (exact) mass is 314 g/mol. The van der Waals surface area contributed by atoms with Gasteiger partial charge in [0.05, 0.1) is 0 Å². The van der Waals surface area contributed by atoms with E-state index in [2.05, 4.69) is 31.9 Å². The lowest BCUT2D eigenvalue weighted by Crippen LogP contribution is -2.52. The summed E-state index contributed by atoms with van der Waals surface area (Å²) in [5, 5.41) is 0.744. The zero-order chi connectivity index (χ0) is 16.0. The lowest BCUT2D eigenvalue weighted by molar-refractivity contribution is -0.129. The quantitative estimate of drug-likeness (QED) is 0.749. The van der Waals surface area contributed by atoms with Crippen LogP contribution in [0.25, 0.3) is 0 Å². The predicted molar refractivity (Wildman–Crippen MR) is 87.5 cm³/mol. The molecule has 0 bridgehead atoms. The molecule has 0 aliphatic heterocycles. The van der Waals surface area contributed by atoms with Gasteiger partial charge in [-0.25, -0.2) is 0 Å². The Balaban J connectivity index is 2.93. The number of hydrogen-bond donors (Lipinski definition) is 1. The maximum Gasteiger partial charge on any atom is 0.158 e. The molecule has 2 N–H and O–H groups in total. The molecular formula is C16H27ClN2O2. The van der Waals surface area contributed by atoms with Crippen LogP contribution in [0.1, 0.15) is 31.9 Å². The van der Waals surface area contributed by atoms with Crippen molar-refractivity contribution in [2.24, 2.45) is 5.73 Å². The van der Waals surface area contributed by atoms with Crippen molar-refractivity contribution in [2.45, 2.75) is 38.1 Å². The number of methoxy groups -OCH3 is 2. The van der Waals surface area contributed by atoms with Crippen molar-refractivity contribution in [1.29, 1.82) is 0 Å². The molecule has 0 amide bonds. The molecule has 0 aliphatic carbocycles. The van der Waals surface area contributed by atoms with Crippen LogP contribution in [0.15, 0.2) is 24.3 Å². The van der Waals surface area contributed by atoms with Crippen LogP contribution in [0.5, 0.6) is 0 Å². The number of ether oxygens (including phenoxy) is 2. The highest BCUT2D eigenvalue weighted by Crippen LogP contribution is 2.30. The van der Waals surface area contributed by atoms with Crippen LogP contribution in [0.3, 0.4) is 0 Å². The second-order valence-electron chi connectivity index (χ2n) is 5.65. The molecule has 0 fully saturated rings. The van der Waals surface area contributed by atoms with Crippen LogP contribution in [-0.4, -0.2) is 44.5 Å². The summed E-state index contributed by atoms with van der Waals surface area (Å²) in [5.41, 5.74) is 6.96. The van der Waals surface area contributed by atoms with E-state index in [4.69, 9.17) is 26.8 Å². The number of nitrogens with zero attached hydrogens (tertiary/aromatic N) is 1. The first-order chi connectivity index (χ1) is 9.87. The van der Waals surface area contributed by atoms with Gasteiger partial charge in [-0.05, 0) is 38.6 Å². The van der Waals surface area contributed by atoms with Crippen molar-refractivity contribution in [3.63, 3.8) is 0 Å². The Kier molecular flexibility index (Phi) is 7.10. The number of benzene rings is 1. The Bertz CT molecular complexity index is 440. The van der Waals surface area contributed by atoms with Gasteiger partial charge in [0.2, 0.25) is 0 Å². The predicted octanol–water partition coefficient (Wildman–Crippen LogP) is 3.06. The summed E-state index contributed by atoms with van der Waals surface area (Å²) in [5.74, 6) is 0. The van der Waals surface area contributed by atoms with Crippen molar-refractivity contribution in [3.8, 4) is 0 Å². The molecule has 0 saturated carbocycles. The third-order valence-electron chi connectivity index (χ3n) is 4.34. The van der Waals surface area contributed by atoms with Gasteiger partial charge >= 0.3 is 0 Å². The molecule has 0 aromatic heterocycles. The molecule has 1 aromatic carbocycles. The Morgan fingerprint density at radius 1 is 1.33 bits per heavy atom. The number of rotatable bonds is 8. The highest BCUT2D eigenvalue weighted by molar-refractivity contribution is 6.30.